The molecule has 0 saturated heterocycles. The van der Waals surface area contributed by atoms with Crippen molar-refractivity contribution in [1.29, 1.82) is 0 Å². The molecule has 0 aromatic heterocycles. The average Bonchev–Trinajstić information content (AvgIpc) is 2.19. The van der Waals surface area contributed by atoms with E-state index in [1.807, 2.05) is 48.5 Å². The van der Waals surface area contributed by atoms with E-state index in [0.29, 0.717) is 0 Å². The number of rotatable bonds is 3. The molecular formula is C11H14N2. The summed E-state index contributed by atoms with van der Waals surface area (Å²) in [5.74, 6) is 0. The smallest absolute Gasteiger partial charge is 0.0552 e. The second kappa shape index (κ2) is 4.36. The summed E-state index contributed by atoms with van der Waals surface area (Å²) < 4.78 is 0. The summed E-state index contributed by atoms with van der Waals surface area (Å²) in [7, 11) is 1.89. The maximum Gasteiger partial charge on any atom is 0.0552 e. The van der Waals surface area contributed by atoms with Crippen LogP contribution < -0.4 is 5.73 Å². The van der Waals surface area contributed by atoms with Crippen LogP contribution in [0.15, 0.2) is 49.3 Å². The summed E-state index contributed by atoms with van der Waals surface area (Å²) in [6, 6.07) is 9.84. The lowest BCUT2D eigenvalue weighted by atomic mass is 10.2. The lowest BCUT2D eigenvalue weighted by Gasteiger charge is -2.08. The van der Waals surface area contributed by atoms with Crippen LogP contribution in [0.25, 0.3) is 5.70 Å². The zero-order chi connectivity index (χ0) is 9.68. The molecule has 13 heavy (non-hydrogen) atoms. The third-order valence-electron chi connectivity index (χ3n) is 1.74. The molecule has 0 aliphatic carbocycles. The maximum absolute atomic E-state index is 5.84. The molecule has 1 aromatic carbocycles. The summed E-state index contributed by atoms with van der Waals surface area (Å²) in [4.78, 5) is 1.82. The average molecular weight is 174 g/mol. The molecule has 0 unspecified atom stereocenters. The minimum absolute atomic E-state index is 0.739. The van der Waals surface area contributed by atoms with Crippen LogP contribution in [0.2, 0.25) is 0 Å². The number of nitrogens with zero attached hydrogens (tertiary/aromatic N) is 1. The van der Waals surface area contributed by atoms with E-state index < -0.39 is 0 Å². The van der Waals surface area contributed by atoms with Crippen LogP contribution in [0, 0.1) is 0 Å². The van der Waals surface area contributed by atoms with E-state index in [1.54, 1.807) is 6.20 Å². The molecule has 0 heterocycles. The molecule has 1 rings (SSSR count). The molecule has 0 amide bonds. The fourth-order valence-electron chi connectivity index (χ4n) is 0.977. The van der Waals surface area contributed by atoms with Crippen LogP contribution in [0.4, 0.5) is 0 Å². The first-order valence-electron chi connectivity index (χ1n) is 4.11. The highest BCUT2D eigenvalue weighted by Crippen LogP contribution is 2.07. The van der Waals surface area contributed by atoms with Gasteiger partial charge in [-0.3, -0.25) is 0 Å². The predicted octanol–water partition coefficient (Wildman–Crippen LogP) is 2.02. The van der Waals surface area contributed by atoms with Crippen LogP contribution in [-0.4, -0.2) is 11.9 Å². The zero-order valence-electron chi connectivity index (χ0n) is 7.77. The van der Waals surface area contributed by atoms with Crippen LogP contribution >= 0.6 is 0 Å². The van der Waals surface area contributed by atoms with Gasteiger partial charge >= 0.3 is 0 Å². The van der Waals surface area contributed by atoms with Gasteiger partial charge in [-0.25, -0.2) is 0 Å². The van der Waals surface area contributed by atoms with E-state index in [4.69, 9.17) is 5.73 Å². The largest absolute Gasteiger partial charge is 0.397 e. The van der Waals surface area contributed by atoms with Crippen molar-refractivity contribution in [2.75, 3.05) is 7.05 Å². The fourth-order valence-corrected chi connectivity index (χ4v) is 0.977. The number of nitrogens with two attached hydrogens (primary N) is 1. The fraction of sp³-hybridized carbons (Fsp3) is 0.0909. The Labute approximate surface area is 79.0 Å². The van der Waals surface area contributed by atoms with Crippen molar-refractivity contribution in [3.8, 4) is 0 Å². The Bertz CT molecular complexity index is 301. The third kappa shape index (κ3) is 2.67. The standard InChI is InChI=1S/C11H14N2/c1-3-13(2)9-11(12)10-7-5-4-6-8-10/h3-9H,1,12H2,2H3/b11-9-. The number of benzene rings is 1. The predicted molar refractivity (Wildman–Crippen MR) is 56.6 cm³/mol. The van der Waals surface area contributed by atoms with E-state index >= 15 is 0 Å². The van der Waals surface area contributed by atoms with Gasteiger partial charge in [-0.05, 0) is 11.8 Å². The third-order valence-corrected chi connectivity index (χ3v) is 1.74. The van der Waals surface area contributed by atoms with E-state index in [9.17, 15) is 0 Å². The summed E-state index contributed by atoms with van der Waals surface area (Å²) in [6.45, 7) is 3.63. The first-order chi connectivity index (χ1) is 6.24. The molecular weight excluding hydrogens is 160 g/mol. The molecule has 0 aliphatic rings. The van der Waals surface area contributed by atoms with Gasteiger partial charge in [0.2, 0.25) is 0 Å². The van der Waals surface area contributed by atoms with Gasteiger partial charge in [0.1, 0.15) is 0 Å². The van der Waals surface area contributed by atoms with Crippen molar-refractivity contribution in [3.63, 3.8) is 0 Å². The Morgan fingerprint density at radius 3 is 2.54 bits per heavy atom. The van der Waals surface area contributed by atoms with Crippen LogP contribution in [0.3, 0.4) is 0 Å². The van der Waals surface area contributed by atoms with Gasteiger partial charge in [0.25, 0.3) is 0 Å². The highest BCUT2D eigenvalue weighted by molar-refractivity contribution is 5.61. The van der Waals surface area contributed by atoms with Crippen molar-refractivity contribution in [2.24, 2.45) is 5.73 Å². The first kappa shape index (κ1) is 9.39. The van der Waals surface area contributed by atoms with Gasteiger partial charge < -0.3 is 10.6 Å². The van der Waals surface area contributed by atoms with Crippen LogP contribution in [0.1, 0.15) is 5.56 Å². The topological polar surface area (TPSA) is 29.3 Å². The Balaban J connectivity index is 2.84. The Morgan fingerprint density at radius 1 is 1.38 bits per heavy atom. The molecule has 2 N–H and O–H groups in total. The van der Waals surface area contributed by atoms with Crippen molar-refractivity contribution in [2.45, 2.75) is 0 Å². The zero-order valence-corrected chi connectivity index (χ0v) is 7.77. The summed E-state index contributed by atoms with van der Waals surface area (Å²) in [5.41, 5.74) is 7.61. The lowest BCUT2D eigenvalue weighted by Crippen LogP contribution is -2.05. The van der Waals surface area contributed by atoms with E-state index in [1.165, 1.54) is 0 Å². The molecule has 0 radical (unpaired) electrons. The Kier molecular flexibility index (Phi) is 3.15. The molecule has 68 valence electrons. The van der Waals surface area contributed by atoms with Crippen molar-refractivity contribution in [3.05, 3.63) is 54.9 Å². The minimum Gasteiger partial charge on any atom is -0.397 e. The summed E-state index contributed by atoms with van der Waals surface area (Å²) in [6.07, 6.45) is 3.54. The Hall–Kier alpha value is -1.70. The van der Waals surface area contributed by atoms with Gasteiger partial charge in [-0.15, -0.1) is 0 Å². The van der Waals surface area contributed by atoms with Gasteiger partial charge in [0.15, 0.2) is 0 Å². The SMILES string of the molecule is C=CN(C)/C=C(\N)c1ccccc1. The monoisotopic (exact) mass is 174 g/mol. The second-order valence-electron chi connectivity index (χ2n) is 2.80. The molecule has 2 heteroatoms. The number of hydrogen-bond acceptors (Lipinski definition) is 2. The molecule has 0 spiro atoms. The first-order valence-corrected chi connectivity index (χ1v) is 4.11. The minimum atomic E-state index is 0.739. The van der Waals surface area contributed by atoms with Gasteiger partial charge in [-0.2, -0.15) is 0 Å². The highest BCUT2D eigenvalue weighted by atomic mass is 15.1. The van der Waals surface area contributed by atoms with Gasteiger partial charge in [0.05, 0.1) is 5.70 Å². The molecule has 0 aliphatic heterocycles. The summed E-state index contributed by atoms with van der Waals surface area (Å²) in [5, 5.41) is 0. The normalized spacial score (nSPS) is 11.0. The van der Waals surface area contributed by atoms with E-state index in [0.717, 1.165) is 11.3 Å². The maximum atomic E-state index is 5.84. The quantitative estimate of drug-likeness (QED) is 0.759. The molecule has 0 fully saturated rings. The second-order valence-corrected chi connectivity index (χ2v) is 2.80. The van der Waals surface area contributed by atoms with Crippen molar-refractivity contribution in [1.82, 2.24) is 4.90 Å². The number of hydrogen-bond donors (Lipinski definition) is 1. The molecule has 1 aromatic rings. The Morgan fingerprint density at radius 2 is 2.00 bits per heavy atom. The van der Waals surface area contributed by atoms with Gasteiger partial charge in [0, 0.05) is 13.2 Å². The molecule has 0 saturated carbocycles. The molecule has 0 atom stereocenters. The lowest BCUT2D eigenvalue weighted by molar-refractivity contribution is 0.629. The summed E-state index contributed by atoms with van der Waals surface area (Å²) >= 11 is 0. The van der Waals surface area contributed by atoms with E-state index in [2.05, 4.69) is 6.58 Å². The molecule has 2 nitrogen and oxygen atoms in total. The highest BCUT2D eigenvalue weighted by Gasteiger charge is 1.94. The van der Waals surface area contributed by atoms with E-state index in [-0.39, 0.29) is 0 Å². The molecule has 0 bridgehead atoms. The van der Waals surface area contributed by atoms with Crippen LogP contribution in [-0.2, 0) is 0 Å². The van der Waals surface area contributed by atoms with Crippen LogP contribution in [0.5, 0.6) is 0 Å². The van der Waals surface area contributed by atoms with Gasteiger partial charge in [-0.1, -0.05) is 36.9 Å². The van der Waals surface area contributed by atoms with Crippen molar-refractivity contribution < 1.29 is 0 Å². The van der Waals surface area contributed by atoms with Crippen molar-refractivity contribution >= 4 is 5.70 Å².